The van der Waals surface area contributed by atoms with Crippen LogP contribution in [0.1, 0.15) is 25.5 Å². The molecule has 0 saturated heterocycles. The monoisotopic (exact) mass is 502 g/mol. The maximum absolute atomic E-state index is 12.1. The molecule has 0 bridgehead atoms. The summed E-state index contributed by atoms with van der Waals surface area (Å²) in [7, 11) is 0. The zero-order valence-corrected chi connectivity index (χ0v) is 18.3. The molecule has 1 amide bonds. The van der Waals surface area contributed by atoms with Gasteiger partial charge >= 0.3 is 0 Å². The van der Waals surface area contributed by atoms with Crippen molar-refractivity contribution in [3.8, 4) is 5.75 Å². The molecule has 1 atom stereocenters. The summed E-state index contributed by atoms with van der Waals surface area (Å²) in [5, 5.41) is 19.0. The van der Waals surface area contributed by atoms with Crippen molar-refractivity contribution >= 4 is 53.1 Å². The molecule has 6 nitrogen and oxygen atoms in total. The highest BCUT2D eigenvalue weighted by Gasteiger charge is 2.09. The van der Waals surface area contributed by atoms with E-state index in [0.717, 1.165) is 5.56 Å². The van der Waals surface area contributed by atoms with Crippen LogP contribution in [-0.2, 0) is 4.79 Å². The minimum absolute atomic E-state index is 0. The van der Waals surface area contributed by atoms with Crippen LogP contribution in [0.25, 0.3) is 0 Å². The van der Waals surface area contributed by atoms with Crippen LogP contribution in [0.2, 0.25) is 5.02 Å². The molecule has 27 heavy (non-hydrogen) atoms. The van der Waals surface area contributed by atoms with Crippen LogP contribution in [0.15, 0.2) is 53.5 Å². The molecule has 0 aromatic heterocycles. The van der Waals surface area contributed by atoms with Gasteiger partial charge in [-0.15, -0.1) is 24.0 Å². The van der Waals surface area contributed by atoms with E-state index in [1.54, 1.807) is 12.1 Å². The Morgan fingerprint density at radius 3 is 2.56 bits per heavy atom. The molecule has 0 aliphatic carbocycles. The van der Waals surface area contributed by atoms with Crippen LogP contribution >= 0.6 is 35.6 Å². The lowest BCUT2D eigenvalue weighted by Crippen LogP contribution is -2.39. The Morgan fingerprint density at radius 2 is 1.93 bits per heavy atom. The van der Waals surface area contributed by atoms with Crippen LogP contribution in [0, 0.1) is 0 Å². The number of nitrogens with one attached hydrogen (secondary N) is 3. The highest BCUT2D eigenvalue weighted by atomic mass is 127. The molecule has 0 saturated carbocycles. The first-order valence-electron chi connectivity index (χ1n) is 8.37. The maximum atomic E-state index is 12.1. The number of halogens is 2. The summed E-state index contributed by atoms with van der Waals surface area (Å²) >= 11 is 6.03. The molecule has 4 N–H and O–H groups in total. The third-order valence-corrected chi connectivity index (χ3v) is 3.81. The number of amides is 1. The SMILES string of the molecule is CCNC(=NCC(=O)Nc1ccc(O)cc1)NC(C)c1cccc(Cl)c1.I. The summed E-state index contributed by atoms with van der Waals surface area (Å²) in [4.78, 5) is 16.4. The van der Waals surface area contributed by atoms with Crippen LogP contribution in [0.5, 0.6) is 5.75 Å². The maximum Gasteiger partial charge on any atom is 0.246 e. The van der Waals surface area contributed by atoms with Crippen LogP contribution in [0.4, 0.5) is 5.69 Å². The predicted molar refractivity (Wildman–Crippen MR) is 121 cm³/mol. The summed E-state index contributed by atoms with van der Waals surface area (Å²) in [6.45, 7) is 4.60. The Labute approximate surface area is 181 Å². The Hall–Kier alpha value is -2.00. The second kappa shape index (κ2) is 11.7. The Balaban J connectivity index is 0.00000364. The lowest BCUT2D eigenvalue weighted by atomic mass is 10.1. The number of carbonyl (C=O) groups is 1. The van der Waals surface area contributed by atoms with E-state index in [-0.39, 0.29) is 48.2 Å². The number of nitrogens with zero attached hydrogens (tertiary/aromatic N) is 1. The van der Waals surface area contributed by atoms with Gasteiger partial charge in [0.2, 0.25) is 5.91 Å². The average molecular weight is 503 g/mol. The normalized spacial score (nSPS) is 11.9. The lowest BCUT2D eigenvalue weighted by Gasteiger charge is -2.18. The van der Waals surface area contributed by atoms with Crippen molar-refractivity contribution in [1.82, 2.24) is 10.6 Å². The number of rotatable bonds is 6. The second-order valence-corrected chi connectivity index (χ2v) is 6.15. The van der Waals surface area contributed by atoms with Gasteiger partial charge in [-0.3, -0.25) is 4.79 Å². The fourth-order valence-electron chi connectivity index (χ4n) is 2.28. The predicted octanol–water partition coefficient (Wildman–Crippen LogP) is 3.92. The third-order valence-electron chi connectivity index (χ3n) is 3.58. The minimum Gasteiger partial charge on any atom is -0.508 e. The molecule has 2 aromatic rings. The van der Waals surface area contributed by atoms with Crippen molar-refractivity contribution in [3.05, 3.63) is 59.1 Å². The number of hydrogen-bond donors (Lipinski definition) is 4. The van der Waals surface area contributed by atoms with Gasteiger partial charge in [-0.2, -0.15) is 0 Å². The van der Waals surface area contributed by atoms with Crippen molar-refractivity contribution in [3.63, 3.8) is 0 Å². The van der Waals surface area contributed by atoms with E-state index in [2.05, 4.69) is 20.9 Å². The van der Waals surface area contributed by atoms with Crippen molar-refractivity contribution in [1.29, 1.82) is 0 Å². The number of benzene rings is 2. The van der Waals surface area contributed by atoms with Crippen LogP contribution < -0.4 is 16.0 Å². The quantitative estimate of drug-likeness (QED) is 0.209. The molecule has 8 heteroatoms. The second-order valence-electron chi connectivity index (χ2n) is 5.71. The van der Waals surface area contributed by atoms with E-state index in [9.17, 15) is 9.90 Å². The van der Waals surface area contributed by atoms with Gasteiger partial charge < -0.3 is 21.1 Å². The first-order valence-corrected chi connectivity index (χ1v) is 8.75. The third kappa shape index (κ3) is 8.04. The molecule has 0 radical (unpaired) electrons. The first-order chi connectivity index (χ1) is 12.5. The standard InChI is InChI=1S/C19H23ClN4O2.HI/c1-3-21-19(23-13(2)14-5-4-6-15(20)11-14)22-12-18(26)24-16-7-9-17(25)10-8-16;/h4-11,13,25H,3,12H2,1-2H3,(H,24,26)(H2,21,22,23);1H. The summed E-state index contributed by atoms with van der Waals surface area (Å²) in [5.41, 5.74) is 1.63. The summed E-state index contributed by atoms with van der Waals surface area (Å²) < 4.78 is 0. The Kier molecular flexibility index (Phi) is 9.95. The molecule has 0 aliphatic rings. The van der Waals surface area contributed by atoms with Gasteiger partial charge in [-0.25, -0.2) is 4.99 Å². The summed E-state index contributed by atoms with van der Waals surface area (Å²) in [5.74, 6) is 0.443. The summed E-state index contributed by atoms with van der Waals surface area (Å²) in [6.07, 6.45) is 0. The smallest absolute Gasteiger partial charge is 0.246 e. The van der Waals surface area contributed by atoms with Crippen molar-refractivity contribution in [2.75, 3.05) is 18.4 Å². The number of anilines is 1. The van der Waals surface area contributed by atoms with Crippen molar-refractivity contribution < 1.29 is 9.90 Å². The first kappa shape index (κ1) is 23.0. The van der Waals surface area contributed by atoms with E-state index in [0.29, 0.717) is 23.2 Å². The van der Waals surface area contributed by atoms with Gasteiger partial charge in [-0.1, -0.05) is 23.7 Å². The number of phenolic OH excluding ortho intramolecular Hbond substituents is 1. The molecule has 2 rings (SSSR count). The molecule has 0 spiro atoms. The molecular formula is C19H24ClIN4O2. The van der Waals surface area contributed by atoms with E-state index >= 15 is 0 Å². The number of hydrogen-bond acceptors (Lipinski definition) is 3. The molecule has 0 aliphatic heterocycles. The number of carbonyl (C=O) groups excluding carboxylic acids is 1. The molecule has 146 valence electrons. The van der Waals surface area contributed by atoms with Gasteiger partial charge in [0, 0.05) is 17.3 Å². The van der Waals surface area contributed by atoms with E-state index in [4.69, 9.17) is 11.6 Å². The van der Waals surface area contributed by atoms with Gasteiger partial charge in [0.15, 0.2) is 5.96 Å². The highest BCUT2D eigenvalue weighted by molar-refractivity contribution is 14.0. The fraction of sp³-hybridized carbons (Fsp3) is 0.263. The topological polar surface area (TPSA) is 85.8 Å². The van der Waals surface area contributed by atoms with Crippen molar-refractivity contribution in [2.24, 2.45) is 4.99 Å². The minimum atomic E-state index is -0.247. The van der Waals surface area contributed by atoms with Gasteiger partial charge in [0.25, 0.3) is 0 Å². The number of aliphatic imine (C=N–C) groups is 1. The Bertz CT molecular complexity index is 769. The molecule has 0 fully saturated rings. The van der Waals surface area contributed by atoms with Crippen LogP contribution in [0.3, 0.4) is 0 Å². The fourth-order valence-corrected chi connectivity index (χ4v) is 2.48. The van der Waals surface area contributed by atoms with Gasteiger partial charge in [0.05, 0.1) is 6.04 Å². The largest absolute Gasteiger partial charge is 0.508 e. The van der Waals surface area contributed by atoms with E-state index < -0.39 is 0 Å². The Morgan fingerprint density at radius 1 is 1.22 bits per heavy atom. The van der Waals surface area contributed by atoms with Gasteiger partial charge in [-0.05, 0) is 55.8 Å². The molecule has 1 unspecified atom stereocenters. The zero-order chi connectivity index (χ0) is 18.9. The number of phenols is 1. The molecule has 2 aromatic carbocycles. The highest BCUT2D eigenvalue weighted by Crippen LogP contribution is 2.17. The van der Waals surface area contributed by atoms with Crippen LogP contribution in [-0.4, -0.2) is 30.1 Å². The average Bonchev–Trinajstić information content (AvgIpc) is 2.62. The van der Waals surface area contributed by atoms with E-state index in [1.807, 2.05) is 38.1 Å². The lowest BCUT2D eigenvalue weighted by molar-refractivity contribution is -0.114. The molecular weight excluding hydrogens is 479 g/mol. The summed E-state index contributed by atoms with van der Waals surface area (Å²) in [6, 6.07) is 13.8. The number of guanidine groups is 1. The van der Waals surface area contributed by atoms with Gasteiger partial charge in [0.1, 0.15) is 12.3 Å². The van der Waals surface area contributed by atoms with Crippen molar-refractivity contribution in [2.45, 2.75) is 19.9 Å². The molecule has 0 heterocycles. The van der Waals surface area contributed by atoms with E-state index in [1.165, 1.54) is 12.1 Å². The zero-order valence-electron chi connectivity index (χ0n) is 15.2. The number of aromatic hydroxyl groups is 1.